The summed E-state index contributed by atoms with van der Waals surface area (Å²) in [5.74, 6) is 0. The Morgan fingerprint density at radius 3 is 2.64 bits per heavy atom. The Bertz CT molecular complexity index is 374. The zero-order valence-electron chi connectivity index (χ0n) is 8.67. The molecule has 0 atom stereocenters. The van der Waals surface area contributed by atoms with Crippen molar-refractivity contribution >= 4 is 12.2 Å². The molecule has 0 unspecified atom stereocenters. The van der Waals surface area contributed by atoms with Gasteiger partial charge in [-0.15, -0.1) is 0 Å². The van der Waals surface area contributed by atoms with Gasteiger partial charge >= 0.3 is 0 Å². The summed E-state index contributed by atoms with van der Waals surface area (Å²) < 4.78 is 8.44. The van der Waals surface area contributed by atoms with Gasteiger partial charge in [-0.1, -0.05) is 0 Å². The minimum absolute atomic E-state index is 0.138. The van der Waals surface area contributed by atoms with E-state index in [0.717, 1.165) is 30.8 Å². The maximum absolute atomic E-state index is 5.39. The third-order valence-corrected chi connectivity index (χ3v) is 3.37. The van der Waals surface area contributed by atoms with Crippen LogP contribution in [0, 0.1) is 11.7 Å². The van der Waals surface area contributed by atoms with E-state index in [1.165, 1.54) is 5.69 Å². The van der Waals surface area contributed by atoms with Gasteiger partial charge in [0.15, 0.2) is 4.77 Å². The first-order chi connectivity index (χ1) is 6.63. The van der Waals surface area contributed by atoms with Crippen molar-refractivity contribution < 1.29 is 4.74 Å². The predicted octanol–water partition coefficient (Wildman–Crippen LogP) is 2.38. The average molecular weight is 212 g/mol. The van der Waals surface area contributed by atoms with Gasteiger partial charge in [0.25, 0.3) is 0 Å². The molecule has 0 bridgehead atoms. The summed E-state index contributed by atoms with van der Waals surface area (Å²) in [5.41, 5.74) is 1.35. The molecule has 4 heteroatoms. The average Bonchev–Trinajstić information content (AvgIpc) is 2.48. The Labute approximate surface area is 89.1 Å². The van der Waals surface area contributed by atoms with Gasteiger partial charge in [-0.3, -0.25) is 0 Å². The highest BCUT2D eigenvalue weighted by Crippen LogP contribution is 2.30. The molecule has 0 saturated carbocycles. The lowest BCUT2D eigenvalue weighted by molar-refractivity contribution is 0.0281. The molecule has 2 heterocycles. The highest BCUT2D eigenvalue weighted by molar-refractivity contribution is 7.71. The number of hydrogen-bond donors (Lipinski definition) is 1. The summed E-state index contributed by atoms with van der Waals surface area (Å²) in [6.45, 7) is 6.02. The fourth-order valence-electron chi connectivity index (χ4n) is 2.16. The molecule has 0 aromatic carbocycles. The van der Waals surface area contributed by atoms with E-state index in [9.17, 15) is 0 Å². The van der Waals surface area contributed by atoms with Crippen molar-refractivity contribution in [3.63, 3.8) is 0 Å². The van der Waals surface area contributed by atoms with Crippen LogP contribution in [0.15, 0.2) is 6.20 Å². The summed E-state index contributed by atoms with van der Waals surface area (Å²) in [4.78, 5) is 3.10. The molecule has 1 fully saturated rings. The SMILES string of the molecule is Cc1c[nH]c(=S)n1C1(C)CCOCC1. The number of rotatable bonds is 1. The smallest absolute Gasteiger partial charge is 0.177 e. The third-order valence-electron chi connectivity index (χ3n) is 3.07. The predicted molar refractivity (Wildman–Crippen MR) is 58.1 cm³/mol. The molecule has 0 amide bonds. The van der Waals surface area contributed by atoms with Crippen LogP contribution < -0.4 is 0 Å². The number of aromatic nitrogens is 2. The Hall–Kier alpha value is -0.610. The van der Waals surface area contributed by atoms with Gasteiger partial charge < -0.3 is 14.3 Å². The molecule has 1 aromatic rings. The van der Waals surface area contributed by atoms with E-state index in [-0.39, 0.29) is 5.54 Å². The van der Waals surface area contributed by atoms with Crippen LogP contribution in [0.3, 0.4) is 0 Å². The lowest BCUT2D eigenvalue weighted by Crippen LogP contribution is -2.37. The minimum Gasteiger partial charge on any atom is -0.381 e. The third kappa shape index (κ3) is 1.53. The lowest BCUT2D eigenvalue weighted by atomic mass is 9.92. The number of nitrogens with zero attached hydrogens (tertiary/aromatic N) is 1. The number of aryl methyl sites for hydroxylation is 1. The molecule has 1 aliphatic heterocycles. The number of hydrogen-bond acceptors (Lipinski definition) is 2. The second-order valence-corrected chi connectivity index (χ2v) is 4.57. The molecule has 1 N–H and O–H groups in total. The van der Waals surface area contributed by atoms with E-state index in [1.807, 2.05) is 6.20 Å². The van der Waals surface area contributed by atoms with Crippen molar-refractivity contribution in [3.05, 3.63) is 16.7 Å². The van der Waals surface area contributed by atoms with Crippen LogP contribution in [0.2, 0.25) is 0 Å². The Morgan fingerprint density at radius 1 is 1.50 bits per heavy atom. The van der Waals surface area contributed by atoms with Gasteiger partial charge in [0.1, 0.15) is 0 Å². The molecule has 1 aliphatic rings. The molecule has 2 rings (SSSR count). The molecule has 1 aromatic heterocycles. The summed E-state index contributed by atoms with van der Waals surface area (Å²) in [6, 6.07) is 0. The fraction of sp³-hybridized carbons (Fsp3) is 0.700. The van der Waals surface area contributed by atoms with Crippen molar-refractivity contribution in [1.82, 2.24) is 9.55 Å². The first-order valence-electron chi connectivity index (χ1n) is 4.99. The maximum atomic E-state index is 5.39. The molecule has 0 spiro atoms. The Kier molecular flexibility index (Phi) is 2.49. The highest BCUT2D eigenvalue weighted by Gasteiger charge is 2.30. The van der Waals surface area contributed by atoms with Crippen LogP contribution in [-0.2, 0) is 10.3 Å². The van der Waals surface area contributed by atoms with Crippen molar-refractivity contribution in [1.29, 1.82) is 0 Å². The van der Waals surface area contributed by atoms with Gasteiger partial charge in [-0.05, 0) is 38.9 Å². The van der Waals surface area contributed by atoms with Crippen molar-refractivity contribution in [2.75, 3.05) is 13.2 Å². The van der Waals surface area contributed by atoms with Crippen LogP contribution in [0.1, 0.15) is 25.5 Å². The highest BCUT2D eigenvalue weighted by atomic mass is 32.1. The molecule has 14 heavy (non-hydrogen) atoms. The standard InChI is InChI=1S/C10H16N2OS/c1-8-7-11-9(14)12(8)10(2)3-5-13-6-4-10/h7H,3-6H2,1-2H3,(H,11,14). The number of aromatic amines is 1. The number of nitrogens with one attached hydrogen (secondary N) is 1. The topological polar surface area (TPSA) is 29.9 Å². The largest absolute Gasteiger partial charge is 0.381 e. The molecule has 3 nitrogen and oxygen atoms in total. The van der Waals surface area contributed by atoms with Gasteiger partial charge in [-0.2, -0.15) is 0 Å². The molecular formula is C10H16N2OS. The first kappa shape index (κ1) is 9.93. The summed E-state index contributed by atoms with van der Waals surface area (Å²) >= 11 is 5.29. The van der Waals surface area contributed by atoms with Gasteiger partial charge in [0.05, 0.1) is 0 Å². The van der Waals surface area contributed by atoms with Crippen LogP contribution >= 0.6 is 12.2 Å². The number of imidazole rings is 1. The zero-order valence-corrected chi connectivity index (χ0v) is 9.49. The van der Waals surface area contributed by atoms with Crippen LogP contribution in [0.25, 0.3) is 0 Å². The van der Waals surface area contributed by atoms with E-state index >= 15 is 0 Å². The quantitative estimate of drug-likeness (QED) is 0.724. The first-order valence-corrected chi connectivity index (χ1v) is 5.40. The molecule has 1 saturated heterocycles. The van der Waals surface area contributed by atoms with E-state index < -0.39 is 0 Å². The molecular weight excluding hydrogens is 196 g/mol. The van der Waals surface area contributed by atoms with E-state index in [1.54, 1.807) is 0 Å². The van der Waals surface area contributed by atoms with E-state index in [0.29, 0.717) is 0 Å². The maximum Gasteiger partial charge on any atom is 0.177 e. The van der Waals surface area contributed by atoms with Crippen molar-refractivity contribution in [3.8, 4) is 0 Å². The van der Waals surface area contributed by atoms with Crippen molar-refractivity contribution in [2.24, 2.45) is 0 Å². The van der Waals surface area contributed by atoms with Gasteiger partial charge in [0, 0.05) is 30.6 Å². The zero-order chi connectivity index (χ0) is 10.2. The Morgan fingerprint density at radius 2 is 2.14 bits per heavy atom. The number of H-pyrrole nitrogens is 1. The van der Waals surface area contributed by atoms with E-state index in [2.05, 4.69) is 23.4 Å². The second kappa shape index (κ2) is 3.51. The molecule has 0 radical (unpaired) electrons. The summed E-state index contributed by atoms with van der Waals surface area (Å²) in [7, 11) is 0. The van der Waals surface area contributed by atoms with Crippen LogP contribution in [0.4, 0.5) is 0 Å². The summed E-state index contributed by atoms with van der Waals surface area (Å²) in [5, 5.41) is 0. The minimum atomic E-state index is 0.138. The van der Waals surface area contributed by atoms with Gasteiger partial charge in [-0.25, -0.2) is 0 Å². The van der Waals surface area contributed by atoms with Crippen molar-refractivity contribution in [2.45, 2.75) is 32.2 Å². The van der Waals surface area contributed by atoms with Crippen LogP contribution in [-0.4, -0.2) is 22.8 Å². The second-order valence-electron chi connectivity index (χ2n) is 4.18. The monoisotopic (exact) mass is 212 g/mol. The number of ether oxygens (including phenoxy) is 1. The van der Waals surface area contributed by atoms with E-state index in [4.69, 9.17) is 17.0 Å². The normalized spacial score (nSPS) is 21.0. The molecule has 0 aliphatic carbocycles. The molecule has 78 valence electrons. The van der Waals surface area contributed by atoms with Gasteiger partial charge in [0.2, 0.25) is 0 Å². The summed E-state index contributed by atoms with van der Waals surface area (Å²) in [6.07, 6.45) is 4.06. The lowest BCUT2D eigenvalue weighted by Gasteiger charge is -2.35. The Balaban J connectivity index is 2.41. The fourth-order valence-corrected chi connectivity index (χ4v) is 2.58. The van der Waals surface area contributed by atoms with Crippen LogP contribution in [0.5, 0.6) is 0 Å².